The van der Waals surface area contributed by atoms with E-state index < -0.39 is 5.97 Å². The number of rotatable bonds is 5. The summed E-state index contributed by atoms with van der Waals surface area (Å²) in [5.41, 5.74) is 3.70. The Labute approximate surface area is 156 Å². The molecule has 1 aromatic carbocycles. The first kappa shape index (κ1) is 17.2. The number of fused-ring (bicyclic) bond motifs is 3. The average molecular weight is 371 g/mol. The van der Waals surface area contributed by atoms with Gasteiger partial charge >= 0.3 is 5.97 Å². The number of ether oxygens (including phenoxy) is 2. The predicted octanol–water partition coefficient (Wildman–Crippen LogP) is 2.97. The molecule has 1 aliphatic heterocycles. The first-order chi connectivity index (χ1) is 12.7. The molecule has 6 heteroatoms. The van der Waals surface area contributed by atoms with E-state index in [4.69, 9.17) is 9.47 Å². The van der Waals surface area contributed by atoms with Crippen molar-refractivity contribution in [2.75, 3.05) is 19.8 Å². The zero-order valence-corrected chi connectivity index (χ0v) is 15.3. The summed E-state index contributed by atoms with van der Waals surface area (Å²) >= 11 is 1.45. The molecule has 4 rings (SSSR count). The number of esters is 1. The molecule has 1 atom stereocenters. The highest BCUT2D eigenvalue weighted by Gasteiger charge is 2.22. The summed E-state index contributed by atoms with van der Waals surface area (Å²) in [4.78, 5) is 25.9. The zero-order valence-electron chi connectivity index (χ0n) is 14.5. The van der Waals surface area contributed by atoms with Crippen molar-refractivity contribution in [1.82, 2.24) is 5.32 Å². The van der Waals surface area contributed by atoms with Gasteiger partial charge < -0.3 is 14.8 Å². The smallest absolute Gasteiger partial charge is 0.348 e. The molecular formula is C20H21NO4S. The van der Waals surface area contributed by atoms with Crippen molar-refractivity contribution in [3.63, 3.8) is 0 Å². The lowest BCUT2D eigenvalue weighted by Crippen LogP contribution is -2.34. The predicted molar refractivity (Wildman–Crippen MR) is 99.4 cm³/mol. The molecule has 1 amide bonds. The van der Waals surface area contributed by atoms with Crippen LogP contribution in [0.25, 0.3) is 10.4 Å². The molecule has 0 saturated carbocycles. The first-order valence-corrected chi connectivity index (χ1v) is 9.79. The van der Waals surface area contributed by atoms with Gasteiger partial charge in [-0.3, -0.25) is 4.79 Å². The number of hydrogen-bond acceptors (Lipinski definition) is 5. The average Bonchev–Trinajstić information content (AvgIpc) is 3.33. The molecule has 26 heavy (non-hydrogen) atoms. The number of benzene rings is 1. The molecule has 1 N–H and O–H groups in total. The quantitative estimate of drug-likeness (QED) is 0.821. The molecule has 2 aliphatic rings. The highest BCUT2D eigenvalue weighted by atomic mass is 32.1. The number of hydrogen-bond donors (Lipinski definition) is 1. The Morgan fingerprint density at radius 1 is 1.23 bits per heavy atom. The van der Waals surface area contributed by atoms with Crippen LogP contribution < -0.4 is 5.32 Å². The Kier molecular flexibility index (Phi) is 5.04. The Morgan fingerprint density at radius 2 is 2.08 bits per heavy atom. The Morgan fingerprint density at radius 3 is 2.92 bits per heavy atom. The van der Waals surface area contributed by atoms with Gasteiger partial charge in [0.2, 0.25) is 0 Å². The van der Waals surface area contributed by atoms with E-state index in [1.807, 2.05) is 18.2 Å². The first-order valence-electron chi connectivity index (χ1n) is 8.97. The minimum Gasteiger partial charge on any atom is -0.451 e. The molecule has 0 spiro atoms. The fourth-order valence-corrected chi connectivity index (χ4v) is 4.62. The molecule has 0 radical (unpaired) electrons. The lowest BCUT2D eigenvalue weighted by Gasteiger charge is -2.15. The van der Waals surface area contributed by atoms with Gasteiger partial charge in [-0.2, -0.15) is 0 Å². The van der Waals surface area contributed by atoms with Gasteiger partial charge in [-0.1, -0.05) is 24.3 Å². The highest BCUT2D eigenvalue weighted by Crippen LogP contribution is 2.39. The van der Waals surface area contributed by atoms with E-state index >= 15 is 0 Å². The third kappa shape index (κ3) is 3.66. The van der Waals surface area contributed by atoms with Gasteiger partial charge in [0.25, 0.3) is 5.91 Å². The molecule has 1 saturated heterocycles. The van der Waals surface area contributed by atoms with Crippen molar-refractivity contribution >= 4 is 23.2 Å². The third-order valence-corrected chi connectivity index (χ3v) is 6.01. The van der Waals surface area contributed by atoms with Crippen LogP contribution >= 0.6 is 11.3 Å². The van der Waals surface area contributed by atoms with Crippen molar-refractivity contribution in [3.8, 4) is 10.4 Å². The van der Waals surface area contributed by atoms with E-state index in [1.165, 1.54) is 28.0 Å². The molecular weight excluding hydrogens is 350 g/mol. The van der Waals surface area contributed by atoms with Crippen molar-refractivity contribution in [2.45, 2.75) is 31.8 Å². The fourth-order valence-electron chi connectivity index (χ4n) is 3.46. The molecule has 5 nitrogen and oxygen atoms in total. The Hall–Kier alpha value is -2.18. The van der Waals surface area contributed by atoms with Gasteiger partial charge in [-0.15, -0.1) is 11.3 Å². The topological polar surface area (TPSA) is 64.6 Å². The van der Waals surface area contributed by atoms with Gasteiger partial charge in [-0.05, 0) is 48.4 Å². The summed E-state index contributed by atoms with van der Waals surface area (Å²) in [5, 5.41) is 2.76. The SMILES string of the molecule is O=C(COC(=O)c1cc2c(s1)-c1ccccc1CC2)NC[C@@H]1CCCO1. The minimum atomic E-state index is -0.436. The number of carbonyl (C=O) groups is 2. The zero-order chi connectivity index (χ0) is 17.9. The van der Waals surface area contributed by atoms with Crippen LogP contribution in [0.1, 0.15) is 33.6 Å². The van der Waals surface area contributed by atoms with Gasteiger partial charge in [0.15, 0.2) is 6.61 Å². The highest BCUT2D eigenvalue weighted by molar-refractivity contribution is 7.17. The lowest BCUT2D eigenvalue weighted by molar-refractivity contribution is -0.124. The van der Waals surface area contributed by atoms with Crippen LogP contribution in [-0.4, -0.2) is 37.7 Å². The van der Waals surface area contributed by atoms with Gasteiger partial charge in [-0.25, -0.2) is 4.79 Å². The summed E-state index contributed by atoms with van der Waals surface area (Å²) in [5.74, 6) is -0.727. The second-order valence-corrected chi connectivity index (χ2v) is 7.69. The van der Waals surface area contributed by atoms with Crippen molar-refractivity contribution < 1.29 is 19.1 Å². The molecule has 0 bridgehead atoms. The molecule has 2 heterocycles. The van der Waals surface area contributed by atoms with Gasteiger partial charge in [0.05, 0.1) is 6.10 Å². The van der Waals surface area contributed by atoms with Gasteiger partial charge in [0.1, 0.15) is 4.88 Å². The molecule has 1 aromatic heterocycles. The summed E-state index contributed by atoms with van der Waals surface area (Å²) < 4.78 is 10.6. The summed E-state index contributed by atoms with van der Waals surface area (Å²) in [6.45, 7) is 0.965. The second-order valence-electron chi connectivity index (χ2n) is 6.64. The van der Waals surface area contributed by atoms with Crippen molar-refractivity contribution in [2.24, 2.45) is 0 Å². The Balaban J connectivity index is 1.34. The number of aryl methyl sites for hydroxylation is 2. The maximum absolute atomic E-state index is 12.3. The van der Waals surface area contributed by atoms with Crippen LogP contribution in [0.2, 0.25) is 0 Å². The van der Waals surface area contributed by atoms with Crippen LogP contribution in [0.3, 0.4) is 0 Å². The van der Waals surface area contributed by atoms with E-state index in [0.717, 1.165) is 37.2 Å². The fraction of sp³-hybridized carbons (Fsp3) is 0.400. The number of amides is 1. The normalized spacial score (nSPS) is 18.1. The van der Waals surface area contributed by atoms with E-state index in [2.05, 4.69) is 17.4 Å². The maximum Gasteiger partial charge on any atom is 0.348 e. The molecule has 136 valence electrons. The van der Waals surface area contributed by atoms with E-state index in [0.29, 0.717) is 11.4 Å². The van der Waals surface area contributed by atoms with Crippen LogP contribution in [0.15, 0.2) is 30.3 Å². The summed E-state index contributed by atoms with van der Waals surface area (Å²) in [6.07, 6.45) is 3.99. The number of nitrogens with one attached hydrogen (secondary N) is 1. The van der Waals surface area contributed by atoms with E-state index in [1.54, 1.807) is 0 Å². The van der Waals surface area contributed by atoms with E-state index in [-0.39, 0.29) is 18.6 Å². The van der Waals surface area contributed by atoms with Crippen molar-refractivity contribution in [1.29, 1.82) is 0 Å². The number of carbonyl (C=O) groups excluding carboxylic acids is 2. The minimum absolute atomic E-state index is 0.0822. The Bertz CT molecular complexity index is 823. The van der Waals surface area contributed by atoms with Crippen LogP contribution in [0, 0.1) is 0 Å². The number of thiophene rings is 1. The van der Waals surface area contributed by atoms with E-state index in [9.17, 15) is 9.59 Å². The largest absolute Gasteiger partial charge is 0.451 e. The molecule has 1 fully saturated rings. The van der Waals surface area contributed by atoms with Gasteiger partial charge in [0, 0.05) is 18.0 Å². The third-order valence-electron chi connectivity index (χ3n) is 4.82. The summed E-state index contributed by atoms with van der Waals surface area (Å²) in [7, 11) is 0. The van der Waals surface area contributed by atoms with Crippen LogP contribution in [-0.2, 0) is 27.1 Å². The van der Waals surface area contributed by atoms with Crippen LogP contribution in [0.5, 0.6) is 0 Å². The standard InChI is InChI=1S/C20H21NO4S/c22-18(21-11-15-5-3-9-24-15)12-25-20(23)17-10-14-8-7-13-4-1-2-6-16(13)19(14)26-17/h1-2,4,6,10,15H,3,5,7-9,11-12H2,(H,21,22)/t15-/m0/s1. The maximum atomic E-state index is 12.3. The lowest BCUT2D eigenvalue weighted by atomic mass is 9.91. The summed E-state index contributed by atoms with van der Waals surface area (Å²) in [6, 6.07) is 10.2. The monoisotopic (exact) mass is 371 g/mol. The van der Waals surface area contributed by atoms with Crippen LogP contribution in [0.4, 0.5) is 0 Å². The van der Waals surface area contributed by atoms with Crippen molar-refractivity contribution in [3.05, 3.63) is 46.3 Å². The second kappa shape index (κ2) is 7.60. The molecule has 1 aliphatic carbocycles. The molecule has 2 aromatic rings. The molecule has 0 unspecified atom stereocenters.